The van der Waals surface area contributed by atoms with Crippen LogP contribution in [0.15, 0.2) is 117 Å². The van der Waals surface area contributed by atoms with Crippen LogP contribution in [0.3, 0.4) is 0 Å². The van der Waals surface area contributed by atoms with Gasteiger partial charge >= 0.3 is 5.51 Å². The van der Waals surface area contributed by atoms with Crippen molar-refractivity contribution in [3.63, 3.8) is 0 Å². The molecule has 13 nitrogen and oxygen atoms in total. The monoisotopic (exact) mass is 1080 g/mol. The second-order valence-electron chi connectivity index (χ2n) is 20.5. The number of morpholine rings is 1. The van der Waals surface area contributed by atoms with Gasteiger partial charge in [0.05, 0.1) is 23.8 Å². The van der Waals surface area contributed by atoms with Crippen molar-refractivity contribution in [2.45, 2.75) is 77.2 Å². The Bertz CT molecular complexity index is 2830. The zero-order valence-electron chi connectivity index (χ0n) is 41.1. The van der Waals surface area contributed by atoms with E-state index < -0.39 is 47.1 Å². The minimum absolute atomic E-state index is 0.00205. The molecule has 0 radical (unpaired) electrons. The topological polar surface area (TPSA) is 144 Å². The molecule has 2 aliphatic carbocycles. The molecule has 20 heteroatoms. The van der Waals surface area contributed by atoms with Crippen LogP contribution in [0.1, 0.15) is 61.4 Å². The number of rotatable bonds is 18. The second kappa shape index (κ2) is 22.6. The summed E-state index contributed by atoms with van der Waals surface area (Å²) in [6.45, 7) is 14.1. The zero-order chi connectivity index (χ0) is 51.4. The van der Waals surface area contributed by atoms with Crippen LogP contribution >= 0.6 is 23.4 Å². The average Bonchev–Trinajstić information content (AvgIpc) is 4.15. The first-order valence-electron chi connectivity index (χ1n) is 25.2. The average molecular weight is 1080 g/mol. The summed E-state index contributed by atoms with van der Waals surface area (Å²) < 4.78 is 105. The molecular formula is C53H65ClF3N7O6S3. The second-order valence-corrected chi connectivity index (χ2v) is 25.6. The number of nitrogens with zero attached hydrogens (tertiary/aromatic N) is 4. The van der Waals surface area contributed by atoms with E-state index in [1.54, 1.807) is 12.1 Å². The Morgan fingerprint density at radius 3 is 2.26 bits per heavy atom. The van der Waals surface area contributed by atoms with Gasteiger partial charge < -0.3 is 25.2 Å². The number of carbonyl (C=O) groups is 1. The fourth-order valence-electron chi connectivity index (χ4n) is 10.8. The van der Waals surface area contributed by atoms with Crippen molar-refractivity contribution < 1.29 is 39.5 Å². The van der Waals surface area contributed by atoms with Crippen LogP contribution in [0.5, 0.6) is 0 Å². The number of hydrogen-bond donors (Lipinski definition) is 3. The molecular weight excluding hydrogens is 1020 g/mol. The van der Waals surface area contributed by atoms with Crippen molar-refractivity contribution in [1.29, 1.82) is 0 Å². The summed E-state index contributed by atoms with van der Waals surface area (Å²) in [6, 6.07) is 26.1. The molecule has 5 aliphatic rings. The summed E-state index contributed by atoms with van der Waals surface area (Å²) in [5, 5.41) is 7.24. The summed E-state index contributed by atoms with van der Waals surface area (Å²) in [5.74, 6) is -0.644. The van der Waals surface area contributed by atoms with Crippen LogP contribution in [0.2, 0.25) is 5.02 Å². The number of anilines is 2. The van der Waals surface area contributed by atoms with Crippen LogP contribution < -0.4 is 20.3 Å². The minimum atomic E-state index is -6.07. The van der Waals surface area contributed by atoms with E-state index in [1.807, 2.05) is 47.2 Å². The molecule has 3 N–H and O–H groups in total. The number of benzene rings is 4. The maximum absolute atomic E-state index is 14.3. The molecule has 4 aromatic carbocycles. The number of ether oxygens (including phenoxy) is 1. The Morgan fingerprint density at radius 1 is 0.863 bits per heavy atom. The number of carbonyl (C=O) groups excluding carboxylic acids is 1. The first-order chi connectivity index (χ1) is 34.9. The molecule has 0 aromatic heterocycles. The van der Waals surface area contributed by atoms with E-state index in [0.29, 0.717) is 44.5 Å². The largest absolute Gasteiger partial charge is 0.501 e. The molecule has 394 valence electrons. The summed E-state index contributed by atoms with van der Waals surface area (Å²) in [5.41, 5.74) is -1.05. The van der Waals surface area contributed by atoms with E-state index in [-0.39, 0.29) is 22.2 Å². The Morgan fingerprint density at radius 2 is 1.58 bits per heavy atom. The summed E-state index contributed by atoms with van der Waals surface area (Å²) in [4.78, 5) is 22.0. The Kier molecular flexibility index (Phi) is 16.6. The third kappa shape index (κ3) is 13.1. The zero-order valence-corrected chi connectivity index (χ0v) is 44.3. The standard InChI is InChI=1S/C53H65ClF3N7O6S3/c1-51(37-62-25-22-58-23-26-62)19-17-47(39-7-11-42(54)12-8-39)41(34-51)35-61-27-29-63(30-28-61)44-13-9-40(10-14-44)50(65)60-73(68,69)46-15-16-48(49(33-46)72(66,67)53(55,56)57)59-43(36-71-45-5-3-2-4-6-45)18-24-64-31-32-70-38-52(64)20-21-52/h2-16,33,43,58-59H,17-32,34-38H2,1H3,(H,60,65)/t43-,51-/m1/s1. The molecule has 4 fully saturated rings. The van der Waals surface area contributed by atoms with Crippen molar-refractivity contribution in [2.24, 2.45) is 5.41 Å². The lowest BCUT2D eigenvalue weighted by Gasteiger charge is -2.43. The lowest BCUT2D eigenvalue weighted by atomic mass is 9.71. The number of sulfonamides is 1. The number of hydrogen-bond acceptors (Lipinski definition) is 13. The van der Waals surface area contributed by atoms with Crippen LogP contribution in [-0.4, -0.2) is 152 Å². The summed E-state index contributed by atoms with van der Waals surface area (Å²) >= 11 is 7.76. The van der Waals surface area contributed by atoms with Crippen LogP contribution in [-0.2, 0) is 24.6 Å². The SMILES string of the molecule is C[C@@]1(CN2CCNCC2)CCC(c2ccc(Cl)cc2)=C(CN2CCN(c3ccc(C(=O)NS(=O)(=O)c4ccc(N[C@H](CCN5CCOCC56CC6)CSc5ccccc5)c(S(=O)(=O)C(F)(F)F)c4)cc3)CC2)C1. The lowest BCUT2D eigenvalue weighted by molar-refractivity contribution is -0.0435. The predicted octanol–water partition coefficient (Wildman–Crippen LogP) is 8.25. The minimum Gasteiger partial charge on any atom is -0.380 e. The van der Waals surface area contributed by atoms with E-state index in [4.69, 9.17) is 16.3 Å². The van der Waals surface area contributed by atoms with Gasteiger partial charge in [-0.2, -0.15) is 13.2 Å². The third-order valence-electron chi connectivity index (χ3n) is 15.1. The molecule has 1 amide bonds. The number of halogens is 4. The Hall–Kier alpha value is -4.18. The fourth-order valence-corrected chi connectivity index (χ4v) is 13.9. The highest BCUT2D eigenvalue weighted by Gasteiger charge is 2.50. The molecule has 2 atom stereocenters. The number of piperazine rings is 2. The first-order valence-corrected chi connectivity index (χ1v) is 29.5. The lowest BCUT2D eigenvalue weighted by Crippen LogP contribution is -2.49. The number of thioether (sulfide) groups is 1. The molecule has 9 rings (SSSR count). The normalized spacial score (nSPS) is 21.8. The number of allylic oxidation sites excluding steroid dienone is 1. The molecule has 3 aliphatic heterocycles. The molecule has 1 spiro atoms. The smallest absolute Gasteiger partial charge is 0.380 e. The number of alkyl halides is 3. The fraction of sp³-hybridized carbons (Fsp3) is 0.491. The number of amides is 1. The van der Waals surface area contributed by atoms with Gasteiger partial charge in [0, 0.05) is 117 Å². The van der Waals surface area contributed by atoms with Gasteiger partial charge in [0.25, 0.3) is 25.8 Å². The third-order valence-corrected chi connectivity index (χ3v) is 19.4. The molecule has 0 bridgehead atoms. The maximum atomic E-state index is 14.3. The van der Waals surface area contributed by atoms with E-state index in [9.17, 15) is 34.8 Å². The van der Waals surface area contributed by atoms with Crippen molar-refractivity contribution >= 4 is 66.1 Å². The quantitative estimate of drug-likeness (QED) is 0.0825. The van der Waals surface area contributed by atoms with E-state index >= 15 is 0 Å². The predicted molar refractivity (Wildman–Crippen MR) is 283 cm³/mol. The van der Waals surface area contributed by atoms with Gasteiger partial charge in [-0.3, -0.25) is 14.6 Å². The van der Waals surface area contributed by atoms with E-state index in [2.05, 4.69) is 49.3 Å². The highest BCUT2D eigenvalue weighted by Crippen LogP contribution is 2.45. The maximum Gasteiger partial charge on any atom is 0.501 e. The van der Waals surface area contributed by atoms with Gasteiger partial charge in [0.15, 0.2) is 0 Å². The molecule has 4 aromatic rings. The number of sulfone groups is 1. The molecule has 73 heavy (non-hydrogen) atoms. The van der Waals surface area contributed by atoms with Crippen molar-refractivity contribution in [3.05, 3.63) is 119 Å². The van der Waals surface area contributed by atoms with Gasteiger partial charge in [0.1, 0.15) is 4.90 Å². The highest BCUT2D eigenvalue weighted by atomic mass is 35.5. The van der Waals surface area contributed by atoms with Crippen LogP contribution in [0.25, 0.3) is 5.57 Å². The molecule has 0 unspecified atom stereocenters. The van der Waals surface area contributed by atoms with Gasteiger partial charge in [-0.15, -0.1) is 11.8 Å². The van der Waals surface area contributed by atoms with Gasteiger partial charge in [-0.25, -0.2) is 21.6 Å². The van der Waals surface area contributed by atoms with Gasteiger partial charge in [0.2, 0.25) is 0 Å². The highest BCUT2D eigenvalue weighted by molar-refractivity contribution is 7.99. The Labute approximate surface area is 437 Å². The van der Waals surface area contributed by atoms with Gasteiger partial charge in [-0.1, -0.05) is 54.4 Å². The number of nitrogens with one attached hydrogen (secondary N) is 3. The van der Waals surface area contributed by atoms with E-state index in [0.717, 1.165) is 125 Å². The molecule has 3 saturated heterocycles. The van der Waals surface area contributed by atoms with Crippen molar-refractivity contribution in [1.82, 2.24) is 24.7 Å². The van der Waals surface area contributed by atoms with Gasteiger partial charge in [-0.05, 0) is 122 Å². The summed E-state index contributed by atoms with van der Waals surface area (Å²) in [6.07, 6.45) is 5.59. The van der Waals surface area contributed by atoms with Crippen molar-refractivity contribution in [2.75, 3.05) is 108 Å². The summed E-state index contributed by atoms with van der Waals surface area (Å²) in [7, 11) is -10.9. The first kappa shape index (κ1) is 53.6. The van der Waals surface area contributed by atoms with E-state index in [1.165, 1.54) is 40.6 Å². The molecule has 1 saturated carbocycles. The molecule has 3 heterocycles. The van der Waals surface area contributed by atoms with Crippen LogP contribution in [0, 0.1) is 5.41 Å². The van der Waals surface area contributed by atoms with Crippen LogP contribution in [0.4, 0.5) is 24.5 Å². The Balaban J connectivity index is 0.854. The van der Waals surface area contributed by atoms with Crippen molar-refractivity contribution in [3.8, 4) is 0 Å².